The van der Waals surface area contributed by atoms with Crippen LogP contribution in [0.5, 0.6) is 0 Å². The van der Waals surface area contributed by atoms with Crippen LogP contribution in [0.1, 0.15) is 44.6 Å². The number of epoxide rings is 1. The zero-order chi connectivity index (χ0) is 22.1. The van der Waals surface area contributed by atoms with E-state index in [1.807, 2.05) is 6.07 Å². The lowest BCUT2D eigenvalue weighted by Gasteiger charge is -2.51. The fraction of sp³-hybridized carbons (Fsp3) is 0.731. The zero-order valence-corrected chi connectivity index (χ0v) is 20.1. The Balaban J connectivity index is 1.12. The van der Waals surface area contributed by atoms with E-state index in [0.717, 1.165) is 57.2 Å². The second kappa shape index (κ2) is 7.61. The van der Waals surface area contributed by atoms with E-state index in [0.29, 0.717) is 11.8 Å². The molecule has 3 aliphatic heterocycles. The fourth-order valence-corrected chi connectivity index (χ4v) is 7.70. The molecule has 0 radical (unpaired) electrons. The van der Waals surface area contributed by atoms with E-state index in [4.69, 9.17) is 21.1 Å². The Morgan fingerprint density at radius 2 is 1.97 bits per heavy atom. The Morgan fingerprint density at radius 3 is 2.72 bits per heavy atom. The van der Waals surface area contributed by atoms with Crippen molar-refractivity contribution in [2.24, 2.45) is 23.2 Å². The van der Waals surface area contributed by atoms with Gasteiger partial charge < -0.3 is 14.4 Å². The van der Waals surface area contributed by atoms with Crippen LogP contribution in [0, 0.1) is 30.1 Å². The van der Waals surface area contributed by atoms with Gasteiger partial charge >= 0.3 is 5.97 Å². The molecule has 174 valence electrons. The number of piperazine rings is 1. The van der Waals surface area contributed by atoms with Gasteiger partial charge in [0.25, 0.3) is 0 Å². The van der Waals surface area contributed by atoms with Gasteiger partial charge in [0, 0.05) is 49.4 Å². The van der Waals surface area contributed by atoms with Crippen LogP contribution in [-0.2, 0) is 14.3 Å². The number of rotatable bonds is 3. The largest absolute Gasteiger partial charge is 0.462 e. The number of anilines is 1. The Labute approximate surface area is 196 Å². The zero-order valence-electron chi connectivity index (χ0n) is 19.3. The molecule has 2 aliphatic carbocycles. The van der Waals surface area contributed by atoms with Gasteiger partial charge in [0.1, 0.15) is 6.10 Å². The minimum atomic E-state index is 0.0155. The molecule has 1 aromatic carbocycles. The standard InChI is InChI=1S/C26H35ClN2O3/c1-17-4-5-18(27)12-21(17)29-10-8-28(9-11-29)15-20-19-13-23-25(2,14-22(19)32-24(20)30)6-3-7-26(23)16-31-26/h4-5,12,19-20,22-23H,3,6-11,13-16H2,1-2H3/t19-,20+,22-,23+,25-,26+/m1/s1. The van der Waals surface area contributed by atoms with Gasteiger partial charge in [-0.3, -0.25) is 9.69 Å². The number of carbonyl (C=O) groups excluding carboxylic acids is 1. The summed E-state index contributed by atoms with van der Waals surface area (Å²) in [7, 11) is 0. The van der Waals surface area contributed by atoms with Crippen molar-refractivity contribution in [2.45, 2.75) is 57.7 Å². The number of aryl methyl sites for hydroxylation is 1. The second-order valence-corrected chi connectivity index (χ2v) is 11.8. The maximum Gasteiger partial charge on any atom is 0.310 e. The summed E-state index contributed by atoms with van der Waals surface area (Å²) in [5.74, 6) is 1.00. The lowest BCUT2D eigenvalue weighted by atomic mass is 9.53. The molecule has 1 spiro atoms. The van der Waals surface area contributed by atoms with Crippen LogP contribution in [0.4, 0.5) is 5.69 Å². The van der Waals surface area contributed by atoms with Crippen molar-refractivity contribution >= 4 is 23.3 Å². The van der Waals surface area contributed by atoms with E-state index in [1.165, 1.54) is 30.5 Å². The average molecular weight is 459 g/mol. The third kappa shape index (κ3) is 3.47. The van der Waals surface area contributed by atoms with Gasteiger partial charge in [-0.1, -0.05) is 24.6 Å². The molecule has 5 nitrogen and oxygen atoms in total. The van der Waals surface area contributed by atoms with E-state index in [-0.39, 0.29) is 29.0 Å². The van der Waals surface area contributed by atoms with Gasteiger partial charge in [-0.15, -0.1) is 0 Å². The molecule has 3 saturated heterocycles. The lowest BCUT2D eigenvalue weighted by Crippen LogP contribution is -2.52. The first-order chi connectivity index (χ1) is 15.4. The minimum absolute atomic E-state index is 0.0155. The molecular weight excluding hydrogens is 424 g/mol. The van der Waals surface area contributed by atoms with Crippen molar-refractivity contribution in [3.8, 4) is 0 Å². The fourth-order valence-electron chi connectivity index (χ4n) is 7.54. The summed E-state index contributed by atoms with van der Waals surface area (Å²) in [6.07, 6.45) is 5.93. The minimum Gasteiger partial charge on any atom is -0.462 e. The first-order valence-corrected chi connectivity index (χ1v) is 12.8. The van der Waals surface area contributed by atoms with E-state index < -0.39 is 0 Å². The molecule has 6 rings (SSSR count). The number of fused-ring (bicyclic) bond motifs is 3. The third-order valence-electron chi connectivity index (χ3n) is 9.42. The summed E-state index contributed by atoms with van der Waals surface area (Å²) in [4.78, 5) is 17.9. The molecule has 6 atom stereocenters. The number of carbonyl (C=O) groups is 1. The predicted octanol–water partition coefficient (Wildman–Crippen LogP) is 4.30. The molecule has 1 aromatic rings. The van der Waals surface area contributed by atoms with Crippen molar-refractivity contribution in [1.29, 1.82) is 0 Å². The summed E-state index contributed by atoms with van der Waals surface area (Å²) in [6, 6.07) is 6.12. The Morgan fingerprint density at radius 1 is 1.19 bits per heavy atom. The third-order valence-corrected chi connectivity index (χ3v) is 9.65. The van der Waals surface area contributed by atoms with E-state index in [2.05, 4.69) is 35.8 Å². The van der Waals surface area contributed by atoms with Crippen LogP contribution >= 0.6 is 11.6 Å². The first kappa shape index (κ1) is 21.2. The molecule has 32 heavy (non-hydrogen) atoms. The summed E-state index contributed by atoms with van der Waals surface area (Å²) in [6.45, 7) is 10.2. The quantitative estimate of drug-likeness (QED) is 0.499. The molecule has 6 heteroatoms. The highest BCUT2D eigenvalue weighted by molar-refractivity contribution is 6.30. The first-order valence-electron chi connectivity index (χ1n) is 12.4. The number of hydrogen-bond acceptors (Lipinski definition) is 5. The summed E-state index contributed by atoms with van der Waals surface area (Å²) in [5, 5.41) is 0.789. The molecule has 5 fully saturated rings. The van der Waals surface area contributed by atoms with Crippen LogP contribution in [0.3, 0.4) is 0 Å². The van der Waals surface area contributed by atoms with Crippen molar-refractivity contribution in [3.05, 3.63) is 28.8 Å². The van der Waals surface area contributed by atoms with Gasteiger partial charge in [0.15, 0.2) is 0 Å². The number of hydrogen-bond donors (Lipinski definition) is 0. The summed E-state index contributed by atoms with van der Waals surface area (Å²) < 4.78 is 12.1. The van der Waals surface area contributed by atoms with Gasteiger partial charge in [-0.2, -0.15) is 0 Å². The normalized spacial score (nSPS) is 41.3. The topological polar surface area (TPSA) is 45.3 Å². The van der Waals surface area contributed by atoms with Crippen molar-refractivity contribution in [3.63, 3.8) is 0 Å². The van der Waals surface area contributed by atoms with Crippen LogP contribution < -0.4 is 4.90 Å². The number of esters is 1. The maximum absolute atomic E-state index is 13.0. The van der Waals surface area contributed by atoms with Crippen LogP contribution in [-0.4, -0.2) is 61.9 Å². The SMILES string of the molecule is Cc1ccc(Cl)cc1N1CCN(C[C@@H]2C(=O)O[C@@H]3C[C@@]4(C)CCC[C@]5(CO5)[C@H]4C[C@H]23)CC1. The van der Waals surface area contributed by atoms with E-state index in [1.54, 1.807) is 0 Å². The Hall–Kier alpha value is -1.30. The number of nitrogens with zero attached hydrogens (tertiary/aromatic N) is 2. The number of halogens is 1. The average Bonchev–Trinajstić information content (AvgIpc) is 3.47. The molecule has 3 heterocycles. The monoisotopic (exact) mass is 458 g/mol. The molecular formula is C26H35ClN2O3. The van der Waals surface area contributed by atoms with Crippen LogP contribution in [0.2, 0.25) is 5.02 Å². The Kier molecular flexibility index (Phi) is 5.05. The number of ether oxygens (including phenoxy) is 2. The van der Waals surface area contributed by atoms with Crippen LogP contribution in [0.15, 0.2) is 18.2 Å². The van der Waals surface area contributed by atoms with Gasteiger partial charge in [0.05, 0.1) is 18.1 Å². The van der Waals surface area contributed by atoms with Crippen molar-refractivity contribution in [1.82, 2.24) is 4.90 Å². The second-order valence-electron chi connectivity index (χ2n) is 11.3. The molecule has 0 bridgehead atoms. The number of benzene rings is 1. The van der Waals surface area contributed by atoms with Gasteiger partial charge in [-0.25, -0.2) is 0 Å². The highest BCUT2D eigenvalue weighted by Gasteiger charge is 2.65. The summed E-state index contributed by atoms with van der Waals surface area (Å²) in [5.41, 5.74) is 2.88. The highest BCUT2D eigenvalue weighted by atomic mass is 35.5. The van der Waals surface area contributed by atoms with E-state index >= 15 is 0 Å². The molecule has 0 aromatic heterocycles. The molecule has 0 amide bonds. The smallest absolute Gasteiger partial charge is 0.310 e. The summed E-state index contributed by atoms with van der Waals surface area (Å²) >= 11 is 6.24. The Bertz CT molecular complexity index is 910. The lowest BCUT2D eigenvalue weighted by molar-refractivity contribution is -0.147. The molecule has 5 aliphatic rings. The van der Waals surface area contributed by atoms with Gasteiger partial charge in [-0.05, 0) is 68.1 Å². The molecule has 0 N–H and O–H groups in total. The maximum atomic E-state index is 13.0. The highest BCUT2D eigenvalue weighted by Crippen LogP contribution is 2.62. The van der Waals surface area contributed by atoms with Crippen molar-refractivity contribution < 1.29 is 14.3 Å². The van der Waals surface area contributed by atoms with E-state index in [9.17, 15) is 4.79 Å². The molecule has 0 unspecified atom stereocenters. The van der Waals surface area contributed by atoms with Gasteiger partial charge in [0.2, 0.25) is 0 Å². The predicted molar refractivity (Wildman–Crippen MR) is 125 cm³/mol. The van der Waals surface area contributed by atoms with Crippen molar-refractivity contribution in [2.75, 3.05) is 44.2 Å². The van der Waals surface area contributed by atoms with Crippen LogP contribution in [0.25, 0.3) is 0 Å². The molecule has 2 saturated carbocycles.